The van der Waals surface area contributed by atoms with Crippen molar-refractivity contribution in [3.05, 3.63) is 0 Å². The van der Waals surface area contributed by atoms with Crippen molar-refractivity contribution in [1.29, 1.82) is 0 Å². The highest BCUT2D eigenvalue weighted by Crippen LogP contribution is 2.27. The van der Waals surface area contributed by atoms with E-state index in [2.05, 4.69) is 12.2 Å². The fourth-order valence-electron chi connectivity index (χ4n) is 2.83. The summed E-state index contributed by atoms with van der Waals surface area (Å²) in [5, 5.41) is 3.35. The molecule has 3 N–H and O–H groups in total. The molecular weight excluding hydrogens is 202 g/mol. The molecule has 1 amide bonds. The van der Waals surface area contributed by atoms with Gasteiger partial charge in [-0.25, -0.2) is 0 Å². The van der Waals surface area contributed by atoms with Crippen LogP contribution in [0.2, 0.25) is 0 Å². The van der Waals surface area contributed by atoms with Crippen molar-refractivity contribution in [3.8, 4) is 0 Å². The van der Waals surface area contributed by atoms with Crippen LogP contribution in [0.25, 0.3) is 0 Å². The highest BCUT2D eigenvalue weighted by atomic mass is 16.2. The van der Waals surface area contributed by atoms with Crippen LogP contribution < -0.4 is 11.1 Å². The highest BCUT2D eigenvalue weighted by Gasteiger charge is 2.29. The number of carbonyl (C=O) groups is 1. The summed E-state index contributed by atoms with van der Waals surface area (Å²) in [6.07, 6.45) is 4.08. The standard InChI is InChI=1S/C12H23N3O/c1-9-8-15(6-5-14-9)12(16)7-10-3-2-4-11(10)13/h9-11,14H,2-8,13H2,1H3/t9?,10-,11+/m0/s1. The summed E-state index contributed by atoms with van der Waals surface area (Å²) in [5.41, 5.74) is 6.00. The van der Waals surface area contributed by atoms with E-state index in [-0.39, 0.29) is 6.04 Å². The van der Waals surface area contributed by atoms with Gasteiger partial charge in [0.25, 0.3) is 0 Å². The Morgan fingerprint density at radius 2 is 2.31 bits per heavy atom. The maximum Gasteiger partial charge on any atom is 0.223 e. The fraction of sp³-hybridized carbons (Fsp3) is 0.917. The van der Waals surface area contributed by atoms with E-state index in [4.69, 9.17) is 5.73 Å². The minimum atomic E-state index is 0.254. The SMILES string of the molecule is CC1CN(C(=O)C[C@@H]2CCC[C@H]2N)CCN1. The lowest BCUT2D eigenvalue weighted by Gasteiger charge is -2.33. The molecule has 16 heavy (non-hydrogen) atoms. The topological polar surface area (TPSA) is 58.4 Å². The molecule has 1 saturated carbocycles. The predicted octanol–water partition coefficient (Wildman–Crippen LogP) is 0.324. The van der Waals surface area contributed by atoms with Gasteiger partial charge in [-0.1, -0.05) is 6.42 Å². The molecule has 0 aromatic rings. The first-order valence-electron chi connectivity index (χ1n) is 6.43. The van der Waals surface area contributed by atoms with Gasteiger partial charge in [-0.3, -0.25) is 4.79 Å². The lowest BCUT2D eigenvalue weighted by Crippen LogP contribution is -2.51. The van der Waals surface area contributed by atoms with Crippen LogP contribution in [-0.4, -0.2) is 42.5 Å². The Kier molecular flexibility index (Phi) is 3.82. The van der Waals surface area contributed by atoms with Gasteiger partial charge in [-0.05, 0) is 25.7 Å². The summed E-state index contributed by atoms with van der Waals surface area (Å²) < 4.78 is 0. The van der Waals surface area contributed by atoms with Crippen molar-refractivity contribution >= 4 is 5.91 Å². The van der Waals surface area contributed by atoms with Gasteiger partial charge in [0, 0.05) is 38.1 Å². The van der Waals surface area contributed by atoms with Crippen molar-refractivity contribution in [3.63, 3.8) is 0 Å². The zero-order chi connectivity index (χ0) is 11.5. The molecule has 2 fully saturated rings. The van der Waals surface area contributed by atoms with E-state index < -0.39 is 0 Å². The Hall–Kier alpha value is -0.610. The van der Waals surface area contributed by atoms with E-state index in [9.17, 15) is 4.79 Å². The van der Waals surface area contributed by atoms with Crippen LogP contribution in [0.1, 0.15) is 32.6 Å². The Bertz CT molecular complexity index is 257. The number of nitrogens with one attached hydrogen (secondary N) is 1. The third-order valence-electron chi connectivity index (χ3n) is 3.88. The molecule has 0 bridgehead atoms. The summed E-state index contributed by atoms with van der Waals surface area (Å²) in [7, 11) is 0. The van der Waals surface area contributed by atoms with Crippen LogP contribution in [0, 0.1) is 5.92 Å². The van der Waals surface area contributed by atoms with Gasteiger partial charge in [-0.2, -0.15) is 0 Å². The smallest absolute Gasteiger partial charge is 0.223 e. The molecule has 2 aliphatic rings. The van der Waals surface area contributed by atoms with E-state index in [0.717, 1.165) is 32.5 Å². The molecule has 4 heteroatoms. The number of hydrogen-bond acceptors (Lipinski definition) is 3. The number of nitrogens with zero attached hydrogens (tertiary/aromatic N) is 1. The summed E-state index contributed by atoms with van der Waals surface area (Å²) in [6.45, 7) is 4.75. The first kappa shape index (κ1) is 11.9. The van der Waals surface area contributed by atoms with Crippen LogP contribution >= 0.6 is 0 Å². The number of hydrogen-bond donors (Lipinski definition) is 2. The van der Waals surface area contributed by atoms with Crippen LogP contribution in [0.3, 0.4) is 0 Å². The van der Waals surface area contributed by atoms with Crippen LogP contribution in [0.5, 0.6) is 0 Å². The van der Waals surface area contributed by atoms with E-state index in [1.807, 2.05) is 4.90 Å². The van der Waals surface area contributed by atoms with Gasteiger partial charge >= 0.3 is 0 Å². The van der Waals surface area contributed by atoms with Crippen molar-refractivity contribution in [1.82, 2.24) is 10.2 Å². The first-order chi connectivity index (χ1) is 7.66. The fourth-order valence-corrected chi connectivity index (χ4v) is 2.83. The highest BCUT2D eigenvalue weighted by molar-refractivity contribution is 5.76. The lowest BCUT2D eigenvalue weighted by atomic mass is 9.99. The zero-order valence-electron chi connectivity index (χ0n) is 10.1. The van der Waals surface area contributed by atoms with Gasteiger partial charge in [0.05, 0.1) is 0 Å². The molecule has 92 valence electrons. The van der Waals surface area contributed by atoms with Gasteiger partial charge in [0.15, 0.2) is 0 Å². The number of piperazine rings is 1. The van der Waals surface area contributed by atoms with E-state index >= 15 is 0 Å². The molecule has 1 unspecified atom stereocenters. The van der Waals surface area contributed by atoms with E-state index in [1.165, 1.54) is 6.42 Å². The zero-order valence-corrected chi connectivity index (χ0v) is 10.1. The van der Waals surface area contributed by atoms with Gasteiger partial charge in [0.1, 0.15) is 0 Å². The second kappa shape index (κ2) is 5.15. The molecule has 0 aromatic carbocycles. The Morgan fingerprint density at radius 3 is 2.94 bits per heavy atom. The maximum atomic E-state index is 12.1. The van der Waals surface area contributed by atoms with Gasteiger partial charge in [-0.15, -0.1) is 0 Å². The monoisotopic (exact) mass is 225 g/mol. The van der Waals surface area contributed by atoms with Crippen molar-refractivity contribution in [2.45, 2.75) is 44.7 Å². The Balaban J connectivity index is 1.82. The van der Waals surface area contributed by atoms with Crippen LogP contribution in [-0.2, 0) is 4.79 Å². The Labute approximate surface area is 97.6 Å². The molecule has 0 radical (unpaired) electrons. The summed E-state index contributed by atoms with van der Waals surface area (Å²) >= 11 is 0. The largest absolute Gasteiger partial charge is 0.340 e. The average molecular weight is 225 g/mol. The third kappa shape index (κ3) is 2.74. The van der Waals surface area contributed by atoms with Gasteiger partial charge in [0.2, 0.25) is 5.91 Å². The maximum absolute atomic E-state index is 12.1. The van der Waals surface area contributed by atoms with Crippen LogP contribution in [0.15, 0.2) is 0 Å². The second-order valence-corrected chi connectivity index (χ2v) is 5.25. The quantitative estimate of drug-likeness (QED) is 0.712. The minimum absolute atomic E-state index is 0.254. The predicted molar refractivity (Wildman–Crippen MR) is 64.0 cm³/mol. The summed E-state index contributed by atoms with van der Waals surface area (Å²) in [6, 6.07) is 0.680. The summed E-state index contributed by atoms with van der Waals surface area (Å²) in [4.78, 5) is 14.1. The van der Waals surface area contributed by atoms with Crippen LogP contribution in [0.4, 0.5) is 0 Å². The summed E-state index contributed by atoms with van der Waals surface area (Å²) in [5.74, 6) is 0.730. The normalized spacial score (nSPS) is 35.4. The molecule has 1 heterocycles. The lowest BCUT2D eigenvalue weighted by molar-refractivity contribution is -0.133. The van der Waals surface area contributed by atoms with E-state index in [1.54, 1.807) is 0 Å². The molecular formula is C12H23N3O. The van der Waals surface area contributed by atoms with Crippen molar-refractivity contribution < 1.29 is 4.79 Å². The first-order valence-corrected chi connectivity index (χ1v) is 6.43. The molecule has 2 rings (SSSR count). The van der Waals surface area contributed by atoms with Crippen molar-refractivity contribution in [2.75, 3.05) is 19.6 Å². The molecule has 4 nitrogen and oxygen atoms in total. The second-order valence-electron chi connectivity index (χ2n) is 5.25. The number of amides is 1. The molecule has 3 atom stereocenters. The Morgan fingerprint density at radius 1 is 1.50 bits per heavy atom. The molecule has 1 saturated heterocycles. The number of rotatable bonds is 2. The average Bonchev–Trinajstić information content (AvgIpc) is 2.64. The minimum Gasteiger partial charge on any atom is -0.340 e. The molecule has 1 aliphatic carbocycles. The number of carbonyl (C=O) groups excluding carboxylic acids is 1. The molecule has 0 spiro atoms. The molecule has 0 aromatic heterocycles. The molecule has 1 aliphatic heterocycles. The van der Waals surface area contributed by atoms with E-state index in [0.29, 0.717) is 24.3 Å². The van der Waals surface area contributed by atoms with Crippen molar-refractivity contribution in [2.24, 2.45) is 11.7 Å². The third-order valence-corrected chi connectivity index (χ3v) is 3.88. The van der Waals surface area contributed by atoms with Gasteiger partial charge < -0.3 is 16.0 Å². The number of nitrogens with two attached hydrogens (primary N) is 1.